The Labute approximate surface area is 147 Å². The fraction of sp³-hybridized carbons (Fsp3) is 0.136. The molecule has 0 radical (unpaired) electrons. The number of benzene rings is 3. The number of carbonyl (C=O) groups is 1. The van der Waals surface area contributed by atoms with E-state index < -0.39 is 11.4 Å². The SMILES string of the molecule is CC(C(=O)O)(c1ccccc1)c1cccc(OCc2ccccc2)c1. The van der Waals surface area contributed by atoms with Crippen LogP contribution < -0.4 is 4.74 Å². The first kappa shape index (κ1) is 16.8. The van der Waals surface area contributed by atoms with Gasteiger partial charge in [-0.15, -0.1) is 0 Å². The zero-order valence-corrected chi connectivity index (χ0v) is 14.1. The van der Waals surface area contributed by atoms with Crippen molar-refractivity contribution in [3.63, 3.8) is 0 Å². The van der Waals surface area contributed by atoms with Crippen LogP contribution in [0.3, 0.4) is 0 Å². The topological polar surface area (TPSA) is 46.5 Å². The van der Waals surface area contributed by atoms with Crippen molar-refractivity contribution in [1.29, 1.82) is 0 Å². The fourth-order valence-electron chi connectivity index (χ4n) is 2.82. The number of rotatable bonds is 6. The highest BCUT2D eigenvalue weighted by Gasteiger charge is 2.37. The summed E-state index contributed by atoms with van der Waals surface area (Å²) in [4.78, 5) is 12.1. The first-order valence-corrected chi connectivity index (χ1v) is 8.17. The van der Waals surface area contributed by atoms with Crippen LogP contribution in [0, 0.1) is 0 Å². The summed E-state index contributed by atoms with van der Waals surface area (Å²) in [5, 5.41) is 9.90. The zero-order chi connectivity index (χ0) is 17.7. The Balaban J connectivity index is 1.90. The highest BCUT2D eigenvalue weighted by Crippen LogP contribution is 2.34. The van der Waals surface area contributed by atoms with E-state index in [-0.39, 0.29) is 0 Å². The predicted octanol–water partition coefficient (Wildman–Crippen LogP) is 4.66. The minimum atomic E-state index is -1.13. The van der Waals surface area contributed by atoms with Gasteiger partial charge in [0.25, 0.3) is 0 Å². The molecule has 0 spiro atoms. The molecule has 0 aliphatic rings. The molecule has 0 aromatic heterocycles. The van der Waals surface area contributed by atoms with Gasteiger partial charge in [-0.3, -0.25) is 4.79 Å². The molecule has 0 amide bonds. The van der Waals surface area contributed by atoms with Crippen LogP contribution in [-0.2, 0) is 16.8 Å². The maximum atomic E-state index is 12.1. The van der Waals surface area contributed by atoms with Crippen molar-refractivity contribution in [2.45, 2.75) is 18.9 Å². The van der Waals surface area contributed by atoms with Crippen LogP contribution in [0.1, 0.15) is 23.6 Å². The molecule has 1 atom stereocenters. The lowest BCUT2D eigenvalue weighted by atomic mass is 9.76. The van der Waals surface area contributed by atoms with E-state index in [0.29, 0.717) is 17.9 Å². The summed E-state index contributed by atoms with van der Waals surface area (Å²) in [5.74, 6) is -0.233. The van der Waals surface area contributed by atoms with E-state index in [1.807, 2.05) is 84.9 Å². The third-order valence-corrected chi connectivity index (χ3v) is 4.44. The molecule has 126 valence electrons. The van der Waals surface area contributed by atoms with Crippen molar-refractivity contribution < 1.29 is 14.6 Å². The lowest BCUT2D eigenvalue weighted by molar-refractivity contribution is -0.141. The third-order valence-electron chi connectivity index (χ3n) is 4.44. The van der Waals surface area contributed by atoms with E-state index in [1.165, 1.54) is 0 Å². The number of hydrogen-bond donors (Lipinski definition) is 1. The molecule has 25 heavy (non-hydrogen) atoms. The number of hydrogen-bond acceptors (Lipinski definition) is 2. The first-order chi connectivity index (χ1) is 12.1. The van der Waals surface area contributed by atoms with Crippen molar-refractivity contribution in [1.82, 2.24) is 0 Å². The summed E-state index contributed by atoms with van der Waals surface area (Å²) in [6.07, 6.45) is 0. The number of aliphatic carboxylic acids is 1. The van der Waals surface area contributed by atoms with Crippen molar-refractivity contribution in [3.8, 4) is 5.75 Å². The van der Waals surface area contributed by atoms with E-state index in [2.05, 4.69) is 0 Å². The Bertz CT molecular complexity index is 843. The number of carboxylic acid groups (broad SMARTS) is 1. The second-order valence-electron chi connectivity index (χ2n) is 6.10. The van der Waals surface area contributed by atoms with E-state index in [9.17, 15) is 9.90 Å². The maximum absolute atomic E-state index is 12.1. The Hall–Kier alpha value is -3.07. The minimum absolute atomic E-state index is 0.444. The Morgan fingerprint density at radius 1 is 0.880 bits per heavy atom. The molecule has 0 fully saturated rings. The summed E-state index contributed by atoms with van der Waals surface area (Å²) < 4.78 is 5.85. The van der Waals surface area contributed by atoms with Gasteiger partial charge in [0, 0.05) is 0 Å². The monoisotopic (exact) mass is 332 g/mol. The molecule has 3 heteroatoms. The second kappa shape index (κ2) is 7.22. The van der Waals surface area contributed by atoms with Crippen molar-refractivity contribution in [2.75, 3.05) is 0 Å². The fourth-order valence-corrected chi connectivity index (χ4v) is 2.82. The molecule has 0 saturated carbocycles. The van der Waals surface area contributed by atoms with Crippen LogP contribution >= 0.6 is 0 Å². The molecule has 0 saturated heterocycles. The summed E-state index contributed by atoms with van der Waals surface area (Å²) in [6, 6.07) is 26.5. The van der Waals surface area contributed by atoms with Gasteiger partial charge in [-0.25, -0.2) is 0 Å². The summed E-state index contributed by atoms with van der Waals surface area (Å²) in [7, 11) is 0. The molecule has 0 aliphatic heterocycles. The van der Waals surface area contributed by atoms with E-state index in [1.54, 1.807) is 6.92 Å². The molecule has 0 heterocycles. The van der Waals surface area contributed by atoms with E-state index in [4.69, 9.17) is 4.74 Å². The first-order valence-electron chi connectivity index (χ1n) is 8.17. The summed E-state index contributed by atoms with van der Waals surface area (Å²) in [5.41, 5.74) is 1.37. The Morgan fingerprint density at radius 2 is 1.48 bits per heavy atom. The van der Waals surface area contributed by atoms with Crippen LogP contribution in [0.25, 0.3) is 0 Å². The Morgan fingerprint density at radius 3 is 2.12 bits per heavy atom. The van der Waals surface area contributed by atoms with Crippen molar-refractivity contribution in [3.05, 3.63) is 102 Å². The van der Waals surface area contributed by atoms with E-state index >= 15 is 0 Å². The largest absolute Gasteiger partial charge is 0.489 e. The number of ether oxygens (including phenoxy) is 1. The normalized spacial score (nSPS) is 13.0. The predicted molar refractivity (Wildman–Crippen MR) is 97.7 cm³/mol. The molecule has 1 unspecified atom stereocenters. The lowest BCUT2D eigenvalue weighted by Crippen LogP contribution is -2.33. The number of carboxylic acids is 1. The van der Waals surface area contributed by atoms with Gasteiger partial charge in [0.1, 0.15) is 17.8 Å². The highest BCUT2D eigenvalue weighted by atomic mass is 16.5. The Kier molecular flexibility index (Phi) is 4.85. The average molecular weight is 332 g/mol. The second-order valence-corrected chi connectivity index (χ2v) is 6.10. The minimum Gasteiger partial charge on any atom is -0.489 e. The summed E-state index contributed by atoms with van der Waals surface area (Å²) >= 11 is 0. The van der Waals surface area contributed by atoms with Gasteiger partial charge < -0.3 is 9.84 Å². The van der Waals surface area contributed by atoms with Crippen LogP contribution in [-0.4, -0.2) is 11.1 Å². The molecule has 3 nitrogen and oxygen atoms in total. The molecule has 3 aromatic rings. The van der Waals surface area contributed by atoms with Gasteiger partial charge in [0.05, 0.1) is 0 Å². The molecular formula is C22H20O3. The molecule has 0 bridgehead atoms. The maximum Gasteiger partial charge on any atom is 0.318 e. The highest BCUT2D eigenvalue weighted by molar-refractivity contribution is 5.85. The van der Waals surface area contributed by atoms with Crippen molar-refractivity contribution >= 4 is 5.97 Å². The summed E-state index contributed by atoms with van der Waals surface area (Å²) in [6.45, 7) is 2.17. The van der Waals surface area contributed by atoms with Crippen LogP contribution in [0.5, 0.6) is 5.75 Å². The molecule has 3 rings (SSSR count). The van der Waals surface area contributed by atoms with Gasteiger partial charge in [-0.1, -0.05) is 72.8 Å². The van der Waals surface area contributed by atoms with Gasteiger partial charge in [0.2, 0.25) is 0 Å². The third kappa shape index (κ3) is 3.56. The smallest absolute Gasteiger partial charge is 0.318 e. The standard InChI is InChI=1S/C22H20O3/c1-22(21(23)24,18-11-6-3-7-12-18)19-13-8-14-20(15-19)25-16-17-9-4-2-5-10-17/h2-15H,16H2,1H3,(H,23,24). The van der Waals surface area contributed by atoms with Crippen LogP contribution in [0.4, 0.5) is 0 Å². The van der Waals surface area contributed by atoms with Gasteiger partial charge in [0.15, 0.2) is 0 Å². The van der Waals surface area contributed by atoms with Gasteiger partial charge in [-0.05, 0) is 35.7 Å². The van der Waals surface area contributed by atoms with Crippen LogP contribution in [0.2, 0.25) is 0 Å². The van der Waals surface area contributed by atoms with E-state index in [0.717, 1.165) is 11.1 Å². The van der Waals surface area contributed by atoms with Gasteiger partial charge in [-0.2, -0.15) is 0 Å². The van der Waals surface area contributed by atoms with Crippen LogP contribution in [0.15, 0.2) is 84.9 Å². The average Bonchev–Trinajstić information content (AvgIpc) is 2.67. The molecule has 3 aromatic carbocycles. The lowest BCUT2D eigenvalue weighted by Gasteiger charge is -2.26. The van der Waals surface area contributed by atoms with Crippen molar-refractivity contribution in [2.24, 2.45) is 0 Å². The quantitative estimate of drug-likeness (QED) is 0.714. The zero-order valence-electron chi connectivity index (χ0n) is 14.1. The molecule has 0 aliphatic carbocycles. The van der Waals surface area contributed by atoms with Gasteiger partial charge >= 0.3 is 5.97 Å². The molecular weight excluding hydrogens is 312 g/mol. The molecule has 1 N–H and O–H groups in total.